The van der Waals surface area contributed by atoms with Crippen molar-refractivity contribution in [3.05, 3.63) is 72.2 Å². The van der Waals surface area contributed by atoms with Gasteiger partial charge in [0.25, 0.3) is 0 Å². The number of nitrogens with one attached hydrogen (secondary N) is 5. The molecule has 0 radical (unpaired) electrons. The third-order valence-corrected chi connectivity index (χ3v) is 12.1. The lowest BCUT2D eigenvalue weighted by Crippen LogP contribution is -2.55. The summed E-state index contributed by atoms with van der Waals surface area (Å²) in [7, 11) is 2.68. The SMILES string of the molecule is COC(=O)N[C@H](C(=O)N1CCC[C@@]1(C)c1ncc(-c2ccc(-c3ccc(-c4cnc([C@@H]5CCCN5C(=O)[C@@H](NC(O)OC)C(C)C)[nH]4)cc3)c3c(C)c[nH]c23)[nH]1)C(C)C. The molecule has 0 spiro atoms. The monoisotopic (exact) mass is 807 g/mol. The average Bonchev–Trinajstić information content (AvgIpc) is 4.08. The minimum atomic E-state index is -1.23. The Morgan fingerprint density at radius 3 is 2.27 bits per heavy atom. The van der Waals surface area contributed by atoms with Crippen molar-refractivity contribution < 1.29 is 29.0 Å². The standard InChI is InChI=1S/C44H57N9O6/c1-24(2)35(50-42(56)58-7)39(54)52-19-9-11-33(52)38-46-22-31(48-38)28-14-12-27(13-15-28)29-16-17-30(37-34(29)26(5)21-45-37)32-23-47-41(49-32)44(6)18-10-20-53(44)40(55)36(25(3)4)51-43(57)59-8/h12-17,21-25,33,35-36,42,45,50,56H,9-11,18-20H2,1-8H3,(H,46,48)(H,47,49)(H,51,57)/t33-,35-,36-,42?,44-/m0/s1. The van der Waals surface area contributed by atoms with Crippen molar-refractivity contribution in [1.82, 2.24) is 45.4 Å². The number of aromatic nitrogens is 5. The number of aryl methyl sites for hydroxylation is 1. The number of likely N-dealkylation sites (tertiary alicyclic amines) is 2. The summed E-state index contributed by atoms with van der Waals surface area (Å²) in [6, 6.07) is 11.1. The van der Waals surface area contributed by atoms with E-state index in [1.807, 2.05) is 63.0 Å². The summed E-state index contributed by atoms with van der Waals surface area (Å²) in [6.45, 7) is 13.0. The molecule has 7 rings (SSSR count). The summed E-state index contributed by atoms with van der Waals surface area (Å²) in [5, 5.41) is 16.8. The molecule has 2 fully saturated rings. The first kappa shape index (κ1) is 41.6. The molecule has 0 bridgehead atoms. The van der Waals surface area contributed by atoms with E-state index in [1.54, 1.807) is 0 Å². The Hall–Kier alpha value is -5.51. The van der Waals surface area contributed by atoms with Crippen molar-refractivity contribution in [3.8, 4) is 33.6 Å². The molecule has 15 heteroatoms. The van der Waals surface area contributed by atoms with E-state index in [4.69, 9.17) is 19.4 Å². The van der Waals surface area contributed by atoms with E-state index in [-0.39, 0.29) is 29.7 Å². The lowest BCUT2D eigenvalue weighted by atomic mass is 9.95. The predicted octanol–water partition coefficient (Wildman–Crippen LogP) is 6.34. The van der Waals surface area contributed by atoms with Gasteiger partial charge in [0.2, 0.25) is 18.2 Å². The number of hydrogen-bond acceptors (Lipinski definition) is 9. The number of aliphatic hydroxyl groups excluding tert-OH is 1. The third-order valence-electron chi connectivity index (χ3n) is 12.1. The van der Waals surface area contributed by atoms with Crippen LogP contribution >= 0.6 is 0 Å². The predicted molar refractivity (Wildman–Crippen MR) is 225 cm³/mol. The smallest absolute Gasteiger partial charge is 0.407 e. The van der Waals surface area contributed by atoms with Crippen LogP contribution in [0.4, 0.5) is 4.79 Å². The number of nitrogens with zero attached hydrogens (tertiary/aromatic N) is 4. The van der Waals surface area contributed by atoms with E-state index in [1.165, 1.54) is 14.2 Å². The highest BCUT2D eigenvalue weighted by Crippen LogP contribution is 2.41. The summed E-state index contributed by atoms with van der Waals surface area (Å²) in [5.41, 5.74) is 7.20. The molecule has 6 N–H and O–H groups in total. The molecule has 314 valence electrons. The molecule has 2 aliphatic heterocycles. The van der Waals surface area contributed by atoms with Crippen molar-refractivity contribution in [3.63, 3.8) is 0 Å². The first-order valence-corrected chi connectivity index (χ1v) is 20.5. The molecule has 5 aromatic rings. The number of alkyl carbamates (subject to hydrolysis) is 1. The number of H-pyrrole nitrogens is 3. The minimum Gasteiger partial charge on any atom is -0.453 e. The maximum atomic E-state index is 13.9. The van der Waals surface area contributed by atoms with Gasteiger partial charge in [0, 0.05) is 37.3 Å². The van der Waals surface area contributed by atoms with Crippen LogP contribution in [0.25, 0.3) is 44.5 Å². The van der Waals surface area contributed by atoms with Gasteiger partial charge in [-0.25, -0.2) is 14.8 Å². The van der Waals surface area contributed by atoms with Crippen LogP contribution in [0.5, 0.6) is 0 Å². The van der Waals surface area contributed by atoms with E-state index in [9.17, 15) is 19.5 Å². The number of carbonyl (C=O) groups is 3. The van der Waals surface area contributed by atoms with Crippen LogP contribution in [-0.2, 0) is 24.6 Å². The van der Waals surface area contributed by atoms with Crippen LogP contribution in [0.3, 0.4) is 0 Å². The van der Waals surface area contributed by atoms with Crippen molar-refractivity contribution in [1.29, 1.82) is 0 Å². The van der Waals surface area contributed by atoms with Crippen LogP contribution in [0, 0.1) is 18.8 Å². The topological polar surface area (TPSA) is 194 Å². The molecule has 59 heavy (non-hydrogen) atoms. The number of carbonyl (C=O) groups excluding carboxylic acids is 3. The second-order valence-corrected chi connectivity index (χ2v) is 16.7. The Bertz CT molecular complexity index is 2290. The number of benzene rings is 2. The van der Waals surface area contributed by atoms with Crippen LogP contribution in [0.1, 0.15) is 83.6 Å². The number of amides is 3. The largest absolute Gasteiger partial charge is 0.453 e. The third kappa shape index (κ3) is 7.98. The zero-order chi connectivity index (χ0) is 42.2. The zero-order valence-corrected chi connectivity index (χ0v) is 35.2. The molecule has 0 aliphatic carbocycles. The second kappa shape index (κ2) is 17.0. The van der Waals surface area contributed by atoms with Crippen LogP contribution in [-0.4, -0.2) is 104 Å². The summed E-state index contributed by atoms with van der Waals surface area (Å²) < 4.78 is 9.78. The number of aliphatic hydroxyl groups is 1. The van der Waals surface area contributed by atoms with Gasteiger partial charge in [-0.15, -0.1) is 0 Å². The maximum absolute atomic E-state index is 13.9. The zero-order valence-electron chi connectivity index (χ0n) is 35.2. The fraction of sp³-hybridized carbons (Fsp3) is 0.477. The number of rotatable bonds is 13. The first-order chi connectivity index (χ1) is 28.2. The molecule has 5 heterocycles. The molecular formula is C44H57N9O6. The van der Waals surface area contributed by atoms with Crippen molar-refractivity contribution in [2.24, 2.45) is 11.8 Å². The fourth-order valence-corrected chi connectivity index (χ4v) is 8.79. The fourth-order valence-electron chi connectivity index (χ4n) is 8.79. The molecule has 3 aromatic heterocycles. The van der Waals surface area contributed by atoms with Gasteiger partial charge in [0.1, 0.15) is 17.7 Å². The summed E-state index contributed by atoms with van der Waals surface area (Å²) in [4.78, 5) is 63.5. The van der Waals surface area contributed by atoms with Gasteiger partial charge in [-0.1, -0.05) is 64.1 Å². The highest BCUT2D eigenvalue weighted by Gasteiger charge is 2.46. The molecule has 3 amide bonds. The molecule has 2 aliphatic rings. The number of fused-ring (bicyclic) bond motifs is 1. The molecule has 0 saturated carbocycles. The van der Waals surface area contributed by atoms with E-state index < -0.39 is 30.1 Å². The van der Waals surface area contributed by atoms with Gasteiger partial charge >= 0.3 is 6.09 Å². The van der Waals surface area contributed by atoms with Crippen LogP contribution < -0.4 is 10.6 Å². The maximum Gasteiger partial charge on any atom is 0.407 e. The summed E-state index contributed by atoms with van der Waals surface area (Å²) >= 11 is 0. The molecule has 5 atom stereocenters. The van der Waals surface area contributed by atoms with Crippen molar-refractivity contribution in [2.45, 2.75) is 97.3 Å². The number of ether oxygens (including phenoxy) is 2. The number of hydrogen-bond donors (Lipinski definition) is 6. The van der Waals surface area contributed by atoms with E-state index >= 15 is 0 Å². The Kier molecular flexibility index (Phi) is 12.0. The normalized spacial score (nSPS) is 19.8. The van der Waals surface area contributed by atoms with Gasteiger partial charge in [-0.05, 0) is 73.6 Å². The lowest BCUT2D eigenvalue weighted by Gasteiger charge is -2.37. The van der Waals surface area contributed by atoms with E-state index in [2.05, 4.69) is 68.9 Å². The minimum absolute atomic E-state index is 0.0527. The Labute approximate surface area is 344 Å². The van der Waals surface area contributed by atoms with Gasteiger partial charge in [0.05, 0.1) is 54.0 Å². The van der Waals surface area contributed by atoms with Gasteiger partial charge in [0.15, 0.2) is 0 Å². The van der Waals surface area contributed by atoms with Crippen molar-refractivity contribution in [2.75, 3.05) is 27.3 Å². The quantitative estimate of drug-likeness (QED) is 0.0737. The first-order valence-electron chi connectivity index (χ1n) is 20.5. The highest BCUT2D eigenvalue weighted by molar-refractivity contribution is 6.04. The number of methoxy groups -OCH3 is 2. The van der Waals surface area contributed by atoms with Gasteiger partial charge in [-0.2, -0.15) is 0 Å². The van der Waals surface area contributed by atoms with Crippen molar-refractivity contribution >= 4 is 28.8 Å². The molecule has 15 nitrogen and oxygen atoms in total. The van der Waals surface area contributed by atoms with E-state index in [0.29, 0.717) is 18.9 Å². The molecule has 1 unspecified atom stereocenters. The second-order valence-electron chi connectivity index (χ2n) is 16.7. The molecule has 2 saturated heterocycles. The molecular weight excluding hydrogens is 751 g/mol. The van der Waals surface area contributed by atoms with Crippen LogP contribution in [0.2, 0.25) is 0 Å². The van der Waals surface area contributed by atoms with Crippen LogP contribution in [0.15, 0.2) is 55.0 Å². The van der Waals surface area contributed by atoms with E-state index in [0.717, 1.165) is 81.6 Å². The molecule has 2 aromatic carbocycles. The average molecular weight is 808 g/mol. The Morgan fingerprint density at radius 1 is 0.881 bits per heavy atom. The Balaban J connectivity index is 1.11. The van der Waals surface area contributed by atoms with Gasteiger partial charge < -0.3 is 44.6 Å². The number of imidazole rings is 2. The summed E-state index contributed by atoms with van der Waals surface area (Å²) in [6.07, 6.45) is 7.02. The highest BCUT2D eigenvalue weighted by atomic mass is 16.6. The van der Waals surface area contributed by atoms with Gasteiger partial charge in [-0.3, -0.25) is 14.9 Å². The Morgan fingerprint density at radius 2 is 1.58 bits per heavy atom. The summed E-state index contributed by atoms with van der Waals surface area (Å²) in [5.74, 6) is 1.01. The lowest BCUT2D eigenvalue weighted by molar-refractivity contribution is -0.145. The number of aromatic amines is 3.